The van der Waals surface area contributed by atoms with E-state index < -0.39 is 10.8 Å². The molecule has 0 spiro atoms. The highest BCUT2D eigenvalue weighted by atomic mass is 16.6. The van der Waals surface area contributed by atoms with Crippen LogP contribution in [0.5, 0.6) is 0 Å². The summed E-state index contributed by atoms with van der Waals surface area (Å²) in [6.45, 7) is 2.03. The van der Waals surface area contributed by atoms with E-state index in [1.165, 1.54) is 18.2 Å². The van der Waals surface area contributed by atoms with E-state index in [1.807, 2.05) is 4.90 Å². The van der Waals surface area contributed by atoms with Gasteiger partial charge in [-0.25, -0.2) is 0 Å². The van der Waals surface area contributed by atoms with Crippen molar-refractivity contribution in [2.75, 3.05) is 24.5 Å². The largest absolute Gasteiger partial charge is 0.366 e. The lowest BCUT2D eigenvalue weighted by Crippen LogP contribution is -2.36. The first-order chi connectivity index (χ1) is 9.52. The van der Waals surface area contributed by atoms with Crippen molar-refractivity contribution < 1.29 is 9.72 Å². The first-order valence-electron chi connectivity index (χ1n) is 6.56. The molecule has 1 amide bonds. The third-order valence-corrected chi connectivity index (χ3v) is 3.75. The summed E-state index contributed by atoms with van der Waals surface area (Å²) >= 11 is 0. The minimum absolute atomic E-state index is 0.00111. The molecule has 20 heavy (non-hydrogen) atoms. The van der Waals surface area contributed by atoms with Crippen LogP contribution >= 0.6 is 0 Å². The number of carbonyl (C=O) groups is 1. The summed E-state index contributed by atoms with van der Waals surface area (Å²) in [7, 11) is 0. The number of nitro benzene ring substituents is 1. The average molecular weight is 278 g/mol. The van der Waals surface area contributed by atoms with E-state index in [-0.39, 0.29) is 11.3 Å². The highest BCUT2D eigenvalue weighted by molar-refractivity contribution is 5.94. The van der Waals surface area contributed by atoms with Crippen molar-refractivity contribution in [1.82, 2.24) is 0 Å². The zero-order valence-corrected chi connectivity index (χ0v) is 11.1. The molecule has 0 bridgehead atoms. The van der Waals surface area contributed by atoms with Crippen LogP contribution < -0.4 is 16.4 Å². The van der Waals surface area contributed by atoms with E-state index in [2.05, 4.69) is 0 Å². The second-order valence-electron chi connectivity index (χ2n) is 4.99. The van der Waals surface area contributed by atoms with Crippen molar-refractivity contribution in [1.29, 1.82) is 0 Å². The van der Waals surface area contributed by atoms with Gasteiger partial charge >= 0.3 is 0 Å². The molecule has 1 aromatic rings. The highest BCUT2D eigenvalue weighted by Gasteiger charge is 2.25. The predicted molar refractivity (Wildman–Crippen MR) is 75.6 cm³/mol. The Bertz CT molecular complexity index is 524. The van der Waals surface area contributed by atoms with Crippen LogP contribution in [0, 0.1) is 16.0 Å². The van der Waals surface area contributed by atoms with Gasteiger partial charge in [0.05, 0.1) is 4.92 Å². The number of anilines is 1. The number of amides is 1. The van der Waals surface area contributed by atoms with Crippen LogP contribution in [0.4, 0.5) is 11.4 Å². The highest BCUT2D eigenvalue weighted by Crippen LogP contribution is 2.32. The Labute approximate surface area is 116 Å². The lowest BCUT2D eigenvalue weighted by Gasteiger charge is -2.32. The Balaban J connectivity index is 2.31. The smallest absolute Gasteiger partial charge is 0.292 e. The SMILES string of the molecule is NCC1CCN(c2cc(C(N)=O)ccc2[N+](=O)[O-])CC1. The van der Waals surface area contributed by atoms with E-state index in [0.29, 0.717) is 31.2 Å². The zero-order valence-electron chi connectivity index (χ0n) is 11.1. The summed E-state index contributed by atoms with van der Waals surface area (Å²) < 4.78 is 0. The number of rotatable bonds is 4. The zero-order chi connectivity index (χ0) is 14.7. The topological polar surface area (TPSA) is 115 Å². The molecule has 7 nitrogen and oxygen atoms in total. The van der Waals surface area contributed by atoms with Gasteiger partial charge in [-0.3, -0.25) is 14.9 Å². The lowest BCUT2D eigenvalue weighted by molar-refractivity contribution is -0.384. The molecule has 7 heteroatoms. The van der Waals surface area contributed by atoms with Crippen LogP contribution in [-0.4, -0.2) is 30.5 Å². The van der Waals surface area contributed by atoms with Crippen molar-refractivity contribution in [3.8, 4) is 0 Å². The first kappa shape index (κ1) is 14.3. The van der Waals surface area contributed by atoms with Gasteiger partial charge < -0.3 is 16.4 Å². The molecule has 1 saturated heterocycles. The number of benzene rings is 1. The molecule has 1 fully saturated rings. The van der Waals surface area contributed by atoms with Gasteiger partial charge in [0.2, 0.25) is 5.91 Å². The van der Waals surface area contributed by atoms with E-state index in [1.54, 1.807) is 0 Å². The molecular weight excluding hydrogens is 260 g/mol. The number of nitrogens with two attached hydrogens (primary N) is 2. The summed E-state index contributed by atoms with van der Waals surface area (Å²) in [5, 5.41) is 11.1. The maximum Gasteiger partial charge on any atom is 0.292 e. The normalized spacial score (nSPS) is 16.1. The van der Waals surface area contributed by atoms with E-state index in [4.69, 9.17) is 11.5 Å². The van der Waals surface area contributed by atoms with E-state index >= 15 is 0 Å². The Hall–Kier alpha value is -2.15. The number of nitrogens with zero attached hydrogens (tertiary/aromatic N) is 2. The summed E-state index contributed by atoms with van der Waals surface area (Å²) in [6, 6.07) is 4.23. The molecule has 108 valence electrons. The molecule has 0 unspecified atom stereocenters. The molecule has 4 N–H and O–H groups in total. The van der Waals surface area contributed by atoms with Gasteiger partial charge in [-0.05, 0) is 37.4 Å². The molecule has 0 aromatic heterocycles. The third kappa shape index (κ3) is 2.88. The van der Waals surface area contributed by atoms with Crippen LogP contribution in [0.2, 0.25) is 0 Å². The number of piperidine rings is 1. The fourth-order valence-electron chi connectivity index (χ4n) is 2.49. The van der Waals surface area contributed by atoms with Gasteiger partial charge in [0.1, 0.15) is 5.69 Å². The molecule has 1 aliphatic heterocycles. The maximum absolute atomic E-state index is 11.2. The van der Waals surface area contributed by atoms with Gasteiger partial charge in [0, 0.05) is 24.7 Å². The Morgan fingerprint density at radius 2 is 2.05 bits per heavy atom. The average Bonchev–Trinajstić information content (AvgIpc) is 2.46. The van der Waals surface area contributed by atoms with Crippen LogP contribution in [0.1, 0.15) is 23.2 Å². The van der Waals surface area contributed by atoms with Gasteiger partial charge in [-0.2, -0.15) is 0 Å². The Morgan fingerprint density at radius 1 is 1.40 bits per heavy atom. The molecule has 0 radical (unpaired) electrons. The Morgan fingerprint density at radius 3 is 2.55 bits per heavy atom. The molecular formula is C13H18N4O3. The lowest BCUT2D eigenvalue weighted by atomic mass is 9.96. The first-order valence-corrected chi connectivity index (χ1v) is 6.56. The quantitative estimate of drug-likeness (QED) is 0.626. The molecule has 2 rings (SSSR count). The standard InChI is InChI=1S/C13H18N4O3/c14-8-9-3-5-16(6-4-9)12-7-10(13(15)18)1-2-11(12)17(19)20/h1-2,7,9H,3-6,8,14H2,(H2,15,18). The fraction of sp³-hybridized carbons (Fsp3) is 0.462. The summed E-state index contributed by atoms with van der Waals surface area (Å²) in [5.74, 6) is -0.123. The van der Waals surface area contributed by atoms with E-state index in [9.17, 15) is 14.9 Å². The van der Waals surface area contributed by atoms with Crippen molar-refractivity contribution in [2.24, 2.45) is 17.4 Å². The van der Waals surface area contributed by atoms with Crippen molar-refractivity contribution >= 4 is 17.3 Å². The Kier molecular flexibility index (Phi) is 4.19. The van der Waals surface area contributed by atoms with Gasteiger partial charge in [-0.1, -0.05) is 0 Å². The summed E-state index contributed by atoms with van der Waals surface area (Å²) in [4.78, 5) is 23.8. The molecule has 0 saturated carbocycles. The number of nitro groups is 1. The van der Waals surface area contributed by atoms with Crippen molar-refractivity contribution in [2.45, 2.75) is 12.8 Å². The fourth-order valence-corrected chi connectivity index (χ4v) is 2.49. The number of hydrogen-bond acceptors (Lipinski definition) is 5. The number of hydrogen-bond donors (Lipinski definition) is 2. The second-order valence-corrected chi connectivity index (χ2v) is 4.99. The number of primary amides is 1. The van der Waals surface area contributed by atoms with Gasteiger partial charge in [0.25, 0.3) is 5.69 Å². The monoisotopic (exact) mass is 278 g/mol. The minimum Gasteiger partial charge on any atom is -0.366 e. The molecule has 1 heterocycles. The maximum atomic E-state index is 11.2. The summed E-state index contributed by atoms with van der Waals surface area (Å²) in [5.41, 5.74) is 11.6. The minimum atomic E-state index is -0.585. The van der Waals surface area contributed by atoms with E-state index in [0.717, 1.165) is 12.8 Å². The van der Waals surface area contributed by atoms with Gasteiger partial charge in [0.15, 0.2) is 0 Å². The molecule has 0 aliphatic carbocycles. The van der Waals surface area contributed by atoms with Crippen LogP contribution in [0.15, 0.2) is 18.2 Å². The molecule has 0 atom stereocenters. The second kappa shape index (κ2) is 5.87. The molecule has 1 aliphatic rings. The van der Waals surface area contributed by atoms with Crippen molar-refractivity contribution in [3.05, 3.63) is 33.9 Å². The van der Waals surface area contributed by atoms with Gasteiger partial charge in [-0.15, -0.1) is 0 Å². The third-order valence-electron chi connectivity index (χ3n) is 3.75. The van der Waals surface area contributed by atoms with Crippen LogP contribution in [0.3, 0.4) is 0 Å². The van der Waals surface area contributed by atoms with Crippen LogP contribution in [0.25, 0.3) is 0 Å². The number of carbonyl (C=O) groups excluding carboxylic acids is 1. The van der Waals surface area contributed by atoms with Crippen LogP contribution in [-0.2, 0) is 0 Å². The van der Waals surface area contributed by atoms with Crippen molar-refractivity contribution in [3.63, 3.8) is 0 Å². The molecule has 1 aromatic carbocycles. The summed E-state index contributed by atoms with van der Waals surface area (Å²) in [6.07, 6.45) is 1.79. The predicted octanol–water partition coefficient (Wildman–Crippen LogP) is 0.869.